The number of hydrogen-bond acceptors (Lipinski definition) is 10. The maximum atomic E-state index is 12.4. The molecule has 2 heterocycles. The SMILES string of the molecule is C#C[C@@]1(O)[C@H](O)[C@@H](COP(=S)(N[C@@H](C)C(=O)OC(C)C)Oc2ccc(Cl)cc2)O[C@H]1n1ccc(=O)[nH]c1=O. The van der Waals surface area contributed by atoms with Gasteiger partial charge in [0.1, 0.15) is 24.0 Å². The molecule has 0 bridgehead atoms. The highest BCUT2D eigenvalue weighted by molar-refractivity contribution is 8.09. The molecule has 1 aromatic carbocycles. The van der Waals surface area contributed by atoms with E-state index >= 15 is 0 Å². The molecule has 15 heteroatoms. The van der Waals surface area contributed by atoms with Gasteiger partial charge in [0.25, 0.3) is 5.56 Å². The summed E-state index contributed by atoms with van der Waals surface area (Å²) in [5.74, 6) is 1.73. The number of hydrogen-bond donors (Lipinski definition) is 4. The van der Waals surface area contributed by atoms with Crippen LogP contribution in [0.15, 0.2) is 46.1 Å². The minimum Gasteiger partial charge on any atom is -0.462 e. The van der Waals surface area contributed by atoms with Crippen molar-refractivity contribution in [1.29, 1.82) is 0 Å². The zero-order chi connectivity index (χ0) is 28.3. The Hall–Kier alpha value is -2.53. The van der Waals surface area contributed by atoms with Gasteiger partial charge in [0.2, 0.25) is 0 Å². The number of aliphatic hydroxyl groups is 2. The van der Waals surface area contributed by atoms with Gasteiger partial charge in [0.15, 0.2) is 11.8 Å². The number of H-pyrrole nitrogens is 1. The number of nitrogens with zero attached hydrogens (tertiary/aromatic N) is 1. The fourth-order valence-corrected chi connectivity index (χ4v) is 6.01. The fourth-order valence-electron chi connectivity index (χ4n) is 3.47. The van der Waals surface area contributed by atoms with Crippen LogP contribution >= 0.6 is 18.2 Å². The van der Waals surface area contributed by atoms with Gasteiger partial charge >= 0.3 is 18.3 Å². The average molecular weight is 588 g/mol. The first-order valence-corrected chi connectivity index (χ1v) is 14.3. The van der Waals surface area contributed by atoms with Crippen LogP contribution in [0.4, 0.5) is 0 Å². The van der Waals surface area contributed by atoms with Crippen molar-refractivity contribution in [2.24, 2.45) is 0 Å². The molecule has 1 aliphatic rings. The van der Waals surface area contributed by atoms with E-state index in [4.69, 9.17) is 48.4 Å². The highest BCUT2D eigenvalue weighted by Gasteiger charge is 2.56. The van der Waals surface area contributed by atoms with Crippen LogP contribution in [0.2, 0.25) is 5.02 Å². The van der Waals surface area contributed by atoms with Crippen molar-refractivity contribution in [3.05, 3.63) is 62.4 Å². The van der Waals surface area contributed by atoms with Crippen LogP contribution in [0.25, 0.3) is 0 Å². The van der Waals surface area contributed by atoms with Gasteiger partial charge in [-0.3, -0.25) is 19.1 Å². The Balaban J connectivity index is 1.85. The number of terminal acetylenes is 1. The molecule has 2 aromatic rings. The summed E-state index contributed by atoms with van der Waals surface area (Å²) < 4.78 is 23.5. The smallest absolute Gasteiger partial charge is 0.330 e. The zero-order valence-corrected chi connectivity index (χ0v) is 23.0. The van der Waals surface area contributed by atoms with Crippen molar-refractivity contribution in [1.82, 2.24) is 14.6 Å². The molecule has 0 aliphatic carbocycles. The summed E-state index contributed by atoms with van der Waals surface area (Å²) in [4.78, 5) is 38.2. The van der Waals surface area contributed by atoms with Gasteiger partial charge in [0, 0.05) is 17.3 Å². The molecular weight excluding hydrogens is 561 g/mol. The molecule has 1 fully saturated rings. The number of rotatable bonds is 10. The first-order valence-electron chi connectivity index (χ1n) is 11.3. The Labute approximate surface area is 228 Å². The summed E-state index contributed by atoms with van der Waals surface area (Å²) >= 11 is 11.6. The van der Waals surface area contributed by atoms with Crippen LogP contribution in [0.3, 0.4) is 0 Å². The lowest BCUT2D eigenvalue weighted by Crippen LogP contribution is -2.48. The predicted octanol–water partition coefficient (Wildman–Crippen LogP) is 1.06. The second kappa shape index (κ2) is 12.1. The lowest BCUT2D eigenvalue weighted by Gasteiger charge is -2.28. The third-order valence-electron chi connectivity index (χ3n) is 5.32. The van der Waals surface area contributed by atoms with Gasteiger partial charge < -0.3 is 28.7 Å². The second-order valence-electron chi connectivity index (χ2n) is 8.63. The standard InChI is InChI=1S/C23H27ClN3O9PS/c1-5-23(32)19(29)17(35-21(23)27-11-10-18(28)25-22(27)31)12-33-37(38,26-14(4)20(30)34-13(2)3)36-16-8-6-15(24)7-9-16/h1,6-11,13-14,17,19,21,29,32H,12H2,2-4H3,(H,26,38)(H,25,28,31)/t14-,17+,19+,21+,23+,37?/m0/s1. The maximum Gasteiger partial charge on any atom is 0.330 e. The molecule has 6 atom stereocenters. The first-order chi connectivity index (χ1) is 17.8. The van der Waals surface area contributed by atoms with Gasteiger partial charge in [-0.25, -0.2) is 9.88 Å². The number of carbonyl (C=O) groups is 1. The molecule has 0 saturated carbocycles. The van der Waals surface area contributed by atoms with Crippen molar-refractivity contribution in [2.75, 3.05) is 6.61 Å². The summed E-state index contributed by atoms with van der Waals surface area (Å²) in [7, 11) is 0. The van der Waals surface area contributed by atoms with Crippen LogP contribution in [0.5, 0.6) is 5.75 Å². The number of benzene rings is 1. The third-order valence-corrected chi connectivity index (χ3v) is 8.08. The summed E-state index contributed by atoms with van der Waals surface area (Å²) in [5, 5.41) is 25.1. The Morgan fingerprint density at radius 1 is 1.34 bits per heavy atom. The molecule has 1 aromatic heterocycles. The monoisotopic (exact) mass is 587 g/mol. The molecule has 0 radical (unpaired) electrons. The minimum atomic E-state index is -3.55. The second-order valence-corrected chi connectivity index (χ2v) is 12.2. The van der Waals surface area contributed by atoms with Crippen LogP contribution in [0, 0.1) is 12.3 Å². The van der Waals surface area contributed by atoms with E-state index in [1.165, 1.54) is 6.92 Å². The molecule has 1 unspecified atom stereocenters. The van der Waals surface area contributed by atoms with E-state index in [2.05, 4.69) is 11.0 Å². The van der Waals surface area contributed by atoms with E-state index in [1.807, 2.05) is 4.98 Å². The third kappa shape index (κ3) is 6.91. The molecule has 0 spiro atoms. The number of carbonyl (C=O) groups excluding carboxylic acids is 1. The molecule has 12 nitrogen and oxygen atoms in total. The lowest BCUT2D eigenvalue weighted by atomic mass is 9.95. The quantitative estimate of drug-likeness (QED) is 0.179. The van der Waals surface area contributed by atoms with E-state index in [0.29, 0.717) is 5.02 Å². The van der Waals surface area contributed by atoms with E-state index in [0.717, 1.165) is 16.8 Å². The normalized spacial score (nSPS) is 25.4. The molecule has 206 valence electrons. The Bertz CT molecular complexity index is 1360. The zero-order valence-electron chi connectivity index (χ0n) is 20.6. The predicted molar refractivity (Wildman–Crippen MR) is 141 cm³/mol. The molecule has 4 N–H and O–H groups in total. The number of aliphatic hydroxyl groups excluding tert-OH is 1. The minimum absolute atomic E-state index is 0.278. The number of aromatic amines is 1. The van der Waals surface area contributed by atoms with E-state index in [1.54, 1.807) is 38.1 Å². The highest BCUT2D eigenvalue weighted by Crippen LogP contribution is 2.47. The highest BCUT2D eigenvalue weighted by atomic mass is 35.5. The largest absolute Gasteiger partial charge is 0.462 e. The Kier molecular flexibility index (Phi) is 9.57. The molecular formula is C23H27ClN3O9PS. The Morgan fingerprint density at radius 3 is 2.58 bits per heavy atom. The van der Waals surface area contributed by atoms with Crippen molar-refractivity contribution in [3.63, 3.8) is 0 Å². The van der Waals surface area contributed by atoms with Gasteiger partial charge in [-0.05, 0) is 56.8 Å². The van der Waals surface area contributed by atoms with E-state index in [9.17, 15) is 24.6 Å². The molecule has 3 rings (SSSR count). The van der Waals surface area contributed by atoms with Gasteiger partial charge in [-0.15, -0.1) is 6.42 Å². The summed E-state index contributed by atoms with van der Waals surface area (Å²) in [6.45, 7) is 0.877. The van der Waals surface area contributed by atoms with Crippen molar-refractivity contribution >= 4 is 36.0 Å². The van der Waals surface area contributed by atoms with Crippen molar-refractivity contribution in [2.45, 2.75) is 57.0 Å². The van der Waals surface area contributed by atoms with Crippen LogP contribution < -0.4 is 20.9 Å². The van der Waals surface area contributed by atoms with Gasteiger partial charge in [-0.2, -0.15) is 0 Å². The molecule has 38 heavy (non-hydrogen) atoms. The lowest BCUT2D eigenvalue weighted by molar-refractivity contribution is -0.149. The van der Waals surface area contributed by atoms with Gasteiger partial charge in [-0.1, -0.05) is 17.5 Å². The maximum absolute atomic E-state index is 12.4. The first kappa shape index (κ1) is 30.0. The van der Waals surface area contributed by atoms with Crippen molar-refractivity contribution < 1.29 is 33.5 Å². The number of aromatic nitrogens is 2. The number of halogens is 1. The van der Waals surface area contributed by atoms with Crippen LogP contribution in [0.1, 0.15) is 27.0 Å². The summed E-state index contributed by atoms with van der Waals surface area (Å²) in [5.41, 5.74) is -3.96. The van der Waals surface area contributed by atoms with Crippen LogP contribution in [-0.2, 0) is 30.6 Å². The molecule has 1 aliphatic heterocycles. The van der Waals surface area contributed by atoms with E-state index in [-0.39, 0.29) is 11.9 Å². The van der Waals surface area contributed by atoms with Crippen LogP contribution in [-0.4, -0.2) is 62.3 Å². The Morgan fingerprint density at radius 2 is 2.00 bits per heavy atom. The summed E-state index contributed by atoms with van der Waals surface area (Å²) in [6, 6.07) is 6.30. The topological polar surface area (TPSA) is 161 Å². The van der Waals surface area contributed by atoms with E-state index < -0.39 is 60.5 Å². The molecule has 0 amide bonds. The summed E-state index contributed by atoms with van der Waals surface area (Å²) in [6.07, 6.45) is 1.58. The van der Waals surface area contributed by atoms with Crippen molar-refractivity contribution in [3.8, 4) is 18.1 Å². The number of ether oxygens (including phenoxy) is 2. The fraction of sp³-hybridized carbons (Fsp3) is 0.435. The number of esters is 1. The number of nitrogens with one attached hydrogen (secondary N) is 2. The average Bonchev–Trinajstić information content (AvgIpc) is 3.09. The molecule has 1 saturated heterocycles. The van der Waals surface area contributed by atoms with Gasteiger partial charge in [0.05, 0.1) is 12.7 Å².